The SMILES string of the molecule is C1=CCC2CC[CH-]C2=C1.CC1=[C-]C(C)(C)C(C)=C1C.[CH2-]CCC.[CH2-]CCC.[Zr+4]. The quantitative estimate of drug-likeness (QED) is 0.362. The van der Waals surface area contributed by atoms with Gasteiger partial charge in [-0.2, -0.15) is 24.0 Å². The van der Waals surface area contributed by atoms with Crippen molar-refractivity contribution in [3.05, 3.63) is 66.9 Å². The molecule has 0 aromatic carbocycles. The van der Waals surface area contributed by atoms with Crippen molar-refractivity contribution in [1.82, 2.24) is 0 Å². The van der Waals surface area contributed by atoms with E-state index in [1.165, 1.54) is 48.8 Å². The fourth-order valence-electron chi connectivity index (χ4n) is 3.07. The van der Waals surface area contributed by atoms with Crippen molar-refractivity contribution < 1.29 is 26.2 Å². The number of rotatable bonds is 2. The van der Waals surface area contributed by atoms with Crippen LogP contribution in [0.4, 0.5) is 0 Å². The van der Waals surface area contributed by atoms with Crippen LogP contribution < -0.4 is 0 Å². The van der Waals surface area contributed by atoms with E-state index in [2.05, 4.69) is 93.0 Å². The summed E-state index contributed by atoms with van der Waals surface area (Å²) < 4.78 is 0. The number of allylic oxidation sites excluding steroid dienone is 8. The van der Waals surface area contributed by atoms with Gasteiger partial charge in [-0.1, -0.05) is 66.2 Å². The van der Waals surface area contributed by atoms with E-state index < -0.39 is 0 Å². The van der Waals surface area contributed by atoms with Crippen molar-refractivity contribution in [2.75, 3.05) is 0 Å². The van der Waals surface area contributed by atoms with Crippen molar-refractivity contribution in [3.63, 3.8) is 0 Å². The number of unbranched alkanes of at least 4 members (excludes halogenated alkanes) is 2. The molecule has 1 unspecified atom stereocenters. The Morgan fingerprint density at radius 2 is 1.64 bits per heavy atom. The Hall–Kier alpha value is -0.287. The molecule has 0 bridgehead atoms. The fraction of sp³-hybridized carbons (Fsp3) is 0.593. The number of hydrogen-bond acceptors (Lipinski definition) is 0. The Morgan fingerprint density at radius 3 is 1.96 bits per heavy atom. The predicted molar refractivity (Wildman–Crippen MR) is 124 cm³/mol. The van der Waals surface area contributed by atoms with Gasteiger partial charge in [0.1, 0.15) is 0 Å². The van der Waals surface area contributed by atoms with Gasteiger partial charge >= 0.3 is 26.2 Å². The monoisotopic (exact) mass is 458 g/mol. The van der Waals surface area contributed by atoms with Crippen molar-refractivity contribution in [1.29, 1.82) is 0 Å². The third kappa shape index (κ3) is 11.0. The van der Waals surface area contributed by atoms with Crippen molar-refractivity contribution in [3.8, 4) is 0 Å². The van der Waals surface area contributed by atoms with E-state index in [-0.39, 0.29) is 31.6 Å². The third-order valence-electron chi connectivity index (χ3n) is 5.48. The Labute approximate surface area is 197 Å². The molecule has 0 spiro atoms. The maximum absolute atomic E-state index is 3.60. The summed E-state index contributed by atoms with van der Waals surface area (Å²) in [6.45, 7) is 22.4. The molecular weight excluding hydrogens is 416 g/mol. The molecule has 0 aliphatic heterocycles. The van der Waals surface area contributed by atoms with Crippen LogP contribution in [0.15, 0.2) is 40.5 Å². The Morgan fingerprint density at radius 1 is 1.11 bits per heavy atom. The van der Waals surface area contributed by atoms with Gasteiger partial charge < -0.3 is 13.8 Å². The van der Waals surface area contributed by atoms with Crippen LogP contribution in [0.2, 0.25) is 0 Å². The smallest absolute Gasteiger partial charge is 0.343 e. The number of hydrogen-bond donors (Lipinski definition) is 0. The Kier molecular flexibility index (Phi) is 17.6. The van der Waals surface area contributed by atoms with Gasteiger partial charge in [0.2, 0.25) is 0 Å². The fourth-order valence-corrected chi connectivity index (χ4v) is 3.07. The minimum absolute atomic E-state index is 0. The summed E-state index contributed by atoms with van der Waals surface area (Å²) in [4.78, 5) is 0. The zero-order chi connectivity index (χ0) is 20.9. The second-order valence-corrected chi connectivity index (χ2v) is 8.14. The summed E-state index contributed by atoms with van der Waals surface area (Å²) in [5.41, 5.74) is 5.98. The summed E-state index contributed by atoms with van der Waals surface area (Å²) in [5, 5.41) is 0. The van der Waals surface area contributed by atoms with Crippen LogP contribution in [0, 0.1) is 37.7 Å². The van der Waals surface area contributed by atoms with E-state index >= 15 is 0 Å². The minimum atomic E-state index is 0. The maximum atomic E-state index is 3.60. The van der Waals surface area contributed by atoms with Gasteiger partial charge in [0, 0.05) is 0 Å². The van der Waals surface area contributed by atoms with E-state index in [4.69, 9.17) is 0 Å². The molecule has 0 heterocycles. The van der Waals surface area contributed by atoms with E-state index in [0.717, 1.165) is 18.8 Å². The molecule has 1 heteroatoms. The Balaban J connectivity index is 0. The van der Waals surface area contributed by atoms with Crippen molar-refractivity contribution >= 4 is 0 Å². The van der Waals surface area contributed by atoms with Crippen LogP contribution in [0.1, 0.15) is 93.4 Å². The first-order valence-corrected chi connectivity index (χ1v) is 10.8. The first kappa shape index (κ1) is 29.9. The van der Waals surface area contributed by atoms with Crippen LogP contribution in [0.5, 0.6) is 0 Å². The minimum Gasteiger partial charge on any atom is -0.343 e. The second kappa shape index (κ2) is 16.5. The standard InChI is InChI=1S/C10H15.C9H11.2C4H9.Zr/c1-7-6-10(4,5)9(3)8(7)2;1-2-5-9-7-3-6-8(9)4-1;2*1-3-4-2;/h1-5H3;1-2,4,6,9H,3,5,7H2;2*1,3-4H2,2H3;/q4*-1;+4. The molecule has 0 aromatic rings. The molecule has 0 saturated heterocycles. The number of fused-ring (bicyclic) bond motifs is 1. The normalized spacial score (nSPS) is 20.5. The third-order valence-corrected chi connectivity index (χ3v) is 5.48. The molecular formula is C27H44Zr. The van der Waals surface area contributed by atoms with Crippen molar-refractivity contribution in [2.45, 2.75) is 93.4 Å². The molecule has 3 aliphatic carbocycles. The molecule has 156 valence electrons. The topological polar surface area (TPSA) is 0 Å². The van der Waals surface area contributed by atoms with E-state index in [1.807, 2.05) is 0 Å². The molecule has 0 N–H and O–H groups in total. The van der Waals surface area contributed by atoms with Gasteiger partial charge in [-0.25, -0.2) is 23.6 Å². The van der Waals surface area contributed by atoms with Crippen LogP contribution >= 0.6 is 0 Å². The predicted octanol–water partition coefficient (Wildman–Crippen LogP) is 8.84. The van der Waals surface area contributed by atoms with Gasteiger partial charge in [0.25, 0.3) is 0 Å². The van der Waals surface area contributed by atoms with E-state index in [0.29, 0.717) is 0 Å². The molecule has 0 amide bonds. The molecule has 0 nitrogen and oxygen atoms in total. The summed E-state index contributed by atoms with van der Waals surface area (Å²) in [6.07, 6.45) is 21.0. The summed E-state index contributed by atoms with van der Waals surface area (Å²) in [5.74, 6) is 0.884. The van der Waals surface area contributed by atoms with Gasteiger partial charge in [-0.3, -0.25) is 6.08 Å². The first-order valence-electron chi connectivity index (χ1n) is 10.8. The maximum Gasteiger partial charge on any atom is 4.00 e. The van der Waals surface area contributed by atoms with Crippen LogP contribution in [-0.4, -0.2) is 0 Å². The van der Waals surface area contributed by atoms with E-state index in [9.17, 15) is 0 Å². The molecule has 3 rings (SSSR count). The molecule has 3 aliphatic rings. The molecule has 1 saturated carbocycles. The zero-order valence-electron chi connectivity index (χ0n) is 19.8. The zero-order valence-corrected chi connectivity index (χ0v) is 22.2. The van der Waals surface area contributed by atoms with Crippen LogP contribution in [0.3, 0.4) is 0 Å². The van der Waals surface area contributed by atoms with Gasteiger partial charge in [0.15, 0.2) is 0 Å². The largest absolute Gasteiger partial charge is 4.00 e. The second-order valence-electron chi connectivity index (χ2n) is 8.14. The average molecular weight is 460 g/mol. The summed E-state index contributed by atoms with van der Waals surface area (Å²) in [6, 6.07) is 0. The van der Waals surface area contributed by atoms with Crippen LogP contribution in [0.25, 0.3) is 0 Å². The first-order chi connectivity index (χ1) is 12.7. The summed E-state index contributed by atoms with van der Waals surface area (Å²) in [7, 11) is 0. The van der Waals surface area contributed by atoms with E-state index in [1.54, 1.807) is 5.57 Å². The average Bonchev–Trinajstić information content (AvgIpc) is 3.21. The molecule has 0 radical (unpaired) electrons. The van der Waals surface area contributed by atoms with Gasteiger partial charge in [-0.15, -0.1) is 25.5 Å². The molecule has 1 fully saturated rings. The van der Waals surface area contributed by atoms with Crippen LogP contribution in [-0.2, 0) is 26.2 Å². The summed E-state index contributed by atoms with van der Waals surface area (Å²) >= 11 is 0. The Bertz CT molecular complexity index is 520. The molecule has 28 heavy (non-hydrogen) atoms. The molecule has 0 aromatic heterocycles. The van der Waals surface area contributed by atoms with Crippen molar-refractivity contribution in [2.24, 2.45) is 11.3 Å². The molecule has 1 atom stereocenters. The van der Waals surface area contributed by atoms with Gasteiger partial charge in [0.05, 0.1) is 0 Å². The van der Waals surface area contributed by atoms with Gasteiger partial charge in [-0.05, 0) is 12.3 Å².